The summed E-state index contributed by atoms with van der Waals surface area (Å²) in [4.78, 5) is 13.6. The molecule has 0 saturated carbocycles. The SMILES string of the molecule is O=[N+]([O-])c1ccc(Cc2cc3ccccc3[nH]2)cc1. The number of para-hydroxylation sites is 1. The topological polar surface area (TPSA) is 58.9 Å². The number of nitro benzene ring substituents is 1. The maximum absolute atomic E-state index is 10.6. The average Bonchev–Trinajstić information content (AvgIpc) is 2.81. The van der Waals surface area contributed by atoms with E-state index in [2.05, 4.69) is 17.1 Å². The molecule has 3 rings (SSSR count). The van der Waals surface area contributed by atoms with Gasteiger partial charge in [0.1, 0.15) is 0 Å². The molecule has 0 aliphatic heterocycles. The molecule has 0 spiro atoms. The van der Waals surface area contributed by atoms with Gasteiger partial charge in [0.25, 0.3) is 5.69 Å². The third-order valence-electron chi connectivity index (χ3n) is 3.13. The quantitative estimate of drug-likeness (QED) is 0.571. The highest BCUT2D eigenvalue weighted by Crippen LogP contribution is 2.19. The van der Waals surface area contributed by atoms with Gasteiger partial charge in [-0.25, -0.2) is 0 Å². The number of non-ortho nitro benzene ring substituents is 1. The van der Waals surface area contributed by atoms with Crippen molar-refractivity contribution in [2.75, 3.05) is 0 Å². The molecular formula is C15H12N2O2. The predicted molar refractivity (Wildman–Crippen MR) is 74.2 cm³/mol. The Balaban J connectivity index is 1.86. The van der Waals surface area contributed by atoms with Gasteiger partial charge in [0.2, 0.25) is 0 Å². The van der Waals surface area contributed by atoms with E-state index in [9.17, 15) is 10.1 Å². The van der Waals surface area contributed by atoms with Crippen LogP contribution >= 0.6 is 0 Å². The summed E-state index contributed by atoms with van der Waals surface area (Å²) in [6.45, 7) is 0. The molecule has 0 saturated heterocycles. The van der Waals surface area contributed by atoms with Crippen molar-refractivity contribution in [1.29, 1.82) is 0 Å². The Bertz CT molecular complexity index is 696. The number of aromatic nitrogens is 1. The van der Waals surface area contributed by atoms with Gasteiger partial charge in [-0.1, -0.05) is 30.3 Å². The monoisotopic (exact) mass is 252 g/mol. The van der Waals surface area contributed by atoms with Crippen LogP contribution in [0.25, 0.3) is 10.9 Å². The largest absolute Gasteiger partial charge is 0.358 e. The van der Waals surface area contributed by atoms with Crippen LogP contribution in [-0.4, -0.2) is 9.91 Å². The number of fused-ring (bicyclic) bond motifs is 1. The van der Waals surface area contributed by atoms with Crippen LogP contribution in [0, 0.1) is 10.1 Å². The minimum Gasteiger partial charge on any atom is -0.358 e. The zero-order chi connectivity index (χ0) is 13.2. The third kappa shape index (κ3) is 2.33. The first-order valence-corrected chi connectivity index (χ1v) is 6.02. The van der Waals surface area contributed by atoms with E-state index >= 15 is 0 Å². The Kier molecular flexibility index (Phi) is 2.76. The molecule has 1 N–H and O–H groups in total. The lowest BCUT2D eigenvalue weighted by Crippen LogP contribution is -1.90. The number of hydrogen-bond acceptors (Lipinski definition) is 2. The molecular weight excluding hydrogens is 240 g/mol. The van der Waals surface area contributed by atoms with E-state index in [4.69, 9.17) is 0 Å². The summed E-state index contributed by atoms with van der Waals surface area (Å²) in [7, 11) is 0. The lowest BCUT2D eigenvalue weighted by atomic mass is 10.1. The zero-order valence-electron chi connectivity index (χ0n) is 10.2. The summed E-state index contributed by atoms with van der Waals surface area (Å²) < 4.78 is 0. The molecule has 0 bridgehead atoms. The first kappa shape index (κ1) is 11.5. The molecule has 4 nitrogen and oxygen atoms in total. The van der Waals surface area contributed by atoms with Crippen LogP contribution in [0.3, 0.4) is 0 Å². The standard InChI is InChI=1S/C15H12N2O2/c18-17(19)14-7-5-11(6-8-14)9-13-10-12-3-1-2-4-15(12)16-13/h1-8,10,16H,9H2. The number of benzene rings is 2. The Labute approximate surface area is 109 Å². The van der Waals surface area contributed by atoms with Gasteiger partial charge in [0, 0.05) is 29.8 Å². The number of aromatic amines is 1. The maximum atomic E-state index is 10.6. The summed E-state index contributed by atoms with van der Waals surface area (Å²) in [6.07, 6.45) is 0.743. The van der Waals surface area contributed by atoms with E-state index in [0.717, 1.165) is 23.2 Å². The lowest BCUT2D eigenvalue weighted by Gasteiger charge is -1.98. The number of nitro groups is 1. The number of H-pyrrole nitrogens is 1. The van der Waals surface area contributed by atoms with E-state index < -0.39 is 0 Å². The first-order chi connectivity index (χ1) is 9.22. The lowest BCUT2D eigenvalue weighted by molar-refractivity contribution is -0.384. The summed E-state index contributed by atoms with van der Waals surface area (Å²) in [5, 5.41) is 11.8. The highest BCUT2D eigenvalue weighted by atomic mass is 16.6. The molecule has 94 valence electrons. The van der Waals surface area contributed by atoms with Crippen LogP contribution in [0.5, 0.6) is 0 Å². The van der Waals surface area contributed by atoms with Gasteiger partial charge in [-0.2, -0.15) is 0 Å². The molecule has 0 radical (unpaired) electrons. The van der Waals surface area contributed by atoms with Crippen LogP contribution in [0.2, 0.25) is 0 Å². The third-order valence-corrected chi connectivity index (χ3v) is 3.13. The number of hydrogen-bond donors (Lipinski definition) is 1. The Morgan fingerprint density at radius 2 is 1.79 bits per heavy atom. The number of nitrogens with one attached hydrogen (secondary N) is 1. The van der Waals surface area contributed by atoms with Crippen molar-refractivity contribution in [3.63, 3.8) is 0 Å². The fourth-order valence-corrected chi connectivity index (χ4v) is 2.18. The van der Waals surface area contributed by atoms with Crippen LogP contribution in [-0.2, 0) is 6.42 Å². The molecule has 0 atom stereocenters. The van der Waals surface area contributed by atoms with Crippen LogP contribution < -0.4 is 0 Å². The summed E-state index contributed by atoms with van der Waals surface area (Å²) in [5.41, 5.74) is 3.40. The summed E-state index contributed by atoms with van der Waals surface area (Å²) in [5.74, 6) is 0. The van der Waals surface area contributed by atoms with Gasteiger partial charge in [-0.15, -0.1) is 0 Å². The van der Waals surface area contributed by atoms with E-state index in [1.54, 1.807) is 12.1 Å². The van der Waals surface area contributed by atoms with Crippen molar-refractivity contribution in [2.24, 2.45) is 0 Å². The Morgan fingerprint density at radius 3 is 2.47 bits per heavy atom. The minimum atomic E-state index is -0.382. The van der Waals surface area contributed by atoms with Crippen molar-refractivity contribution in [2.45, 2.75) is 6.42 Å². The number of nitrogens with zero attached hydrogens (tertiary/aromatic N) is 1. The molecule has 1 aromatic heterocycles. The molecule has 0 unspecified atom stereocenters. The Morgan fingerprint density at radius 1 is 1.05 bits per heavy atom. The first-order valence-electron chi connectivity index (χ1n) is 6.02. The normalized spacial score (nSPS) is 10.7. The van der Waals surface area contributed by atoms with Crippen molar-refractivity contribution in [1.82, 2.24) is 4.98 Å². The van der Waals surface area contributed by atoms with Gasteiger partial charge < -0.3 is 4.98 Å². The van der Waals surface area contributed by atoms with Gasteiger partial charge in [0.15, 0.2) is 0 Å². The minimum absolute atomic E-state index is 0.125. The van der Waals surface area contributed by atoms with E-state index in [1.807, 2.05) is 18.2 Å². The molecule has 1 heterocycles. The average molecular weight is 252 g/mol. The van der Waals surface area contributed by atoms with Crippen molar-refractivity contribution >= 4 is 16.6 Å². The van der Waals surface area contributed by atoms with E-state index in [0.29, 0.717) is 0 Å². The molecule has 19 heavy (non-hydrogen) atoms. The second kappa shape index (κ2) is 4.57. The predicted octanol–water partition coefficient (Wildman–Crippen LogP) is 3.67. The summed E-state index contributed by atoms with van der Waals surface area (Å²) in [6, 6.07) is 16.9. The Hall–Kier alpha value is -2.62. The second-order valence-corrected chi connectivity index (χ2v) is 4.48. The zero-order valence-corrected chi connectivity index (χ0v) is 10.2. The highest BCUT2D eigenvalue weighted by Gasteiger charge is 2.05. The van der Waals surface area contributed by atoms with Gasteiger partial charge in [-0.3, -0.25) is 10.1 Å². The molecule has 0 amide bonds. The van der Waals surface area contributed by atoms with E-state index in [-0.39, 0.29) is 10.6 Å². The molecule has 0 fully saturated rings. The molecule has 2 aromatic carbocycles. The van der Waals surface area contributed by atoms with Crippen LogP contribution in [0.4, 0.5) is 5.69 Å². The smallest absolute Gasteiger partial charge is 0.269 e. The van der Waals surface area contributed by atoms with Gasteiger partial charge >= 0.3 is 0 Å². The molecule has 0 aliphatic carbocycles. The van der Waals surface area contributed by atoms with Crippen molar-refractivity contribution < 1.29 is 4.92 Å². The molecule has 4 heteroatoms. The number of rotatable bonds is 3. The maximum Gasteiger partial charge on any atom is 0.269 e. The second-order valence-electron chi connectivity index (χ2n) is 4.48. The fourth-order valence-electron chi connectivity index (χ4n) is 2.18. The molecule has 3 aromatic rings. The highest BCUT2D eigenvalue weighted by molar-refractivity contribution is 5.80. The van der Waals surface area contributed by atoms with Gasteiger partial charge in [-0.05, 0) is 23.1 Å². The van der Waals surface area contributed by atoms with Crippen molar-refractivity contribution in [3.8, 4) is 0 Å². The summed E-state index contributed by atoms with van der Waals surface area (Å²) >= 11 is 0. The molecule has 0 aliphatic rings. The van der Waals surface area contributed by atoms with E-state index in [1.165, 1.54) is 17.5 Å². The fraction of sp³-hybridized carbons (Fsp3) is 0.0667. The van der Waals surface area contributed by atoms with Crippen LogP contribution in [0.15, 0.2) is 54.6 Å². The van der Waals surface area contributed by atoms with Crippen molar-refractivity contribution in [3.05, 3.63) is 76.0 Å². The van der Waals surface area contributed by atoms with Crippen LogP contribution in [0.1, 0.15) is 11.3 Å². The van der Waals surface area contributed by atoms with Gasteiger partial charge in [0.05, 0.1) is 4.92 Å².